The fraction of sp³-hybridized carbons (Fsp3) is 0.818. The highest BCUT2D eigenvalue weighted by molar-refractivity contribution is 8.00. The van der Waals surface area contributed by atoms with Gasteiger partial charge in [-0.15, -0.1) is 10.2 Å². The van der Waals surface area contributed by atoms with E-state index in [2.05, 4.69) is 14.8 Å². The molecule has 1 aliphatic rings. The molecule has 0 radical (unpaired) electrons. The molecule has 0 amide bonds. The minimum absolute atomic E-state index is 0.195. The average molecular weight is 304 g/mol. The third-order valence-electron chi connectivity index (χ3n) is 2.97. The maximum atomic E-state index is 11.6. The molecule has 1 aromatic heterocycles. The molecule has 1 aliphatic carbocycles. The Hall–Kier alpha value is -0.600. The van der Waals surface area contributed by atoms with Crippen molar-refractivity contribution in [3.63, 3.8) is 0 Å². The lowest BCUT2D eigenvalue weighted by Gasteiger charge is -2.07. The van der Waals surface area contributed by atoms with Crippen LogP contribution in [0.25, 0.3) is 0 Å². The summed E-state index contributed by atoms with van der Waals surface area (Å²) < 4.78 is 25.3. The van der Waals surface area contributed by atoms with Crippen molar-refractivity contribution in [3.8, 4) is 0 Å². The molecule has 0 atom stereocenters. The molecule has 2 rings (SSSR count). The number of sulfone groups is 1. The third kappa shape index (κ3) is 3.93. The monoisotopic (exact) mass is 304 g/mol. The summed E-state index contributed by atoms with van der Waals surface area (Å²) in [5.74, 6) is 1.77. The minimum atomic E-state index is -2.92. The number of hydrogen-bond donors (Lipinski definition) is 1. The van der Waals surface area contributed by atoms with Crippen LogP contribution in [0.15, 0.2) is 5.16 Å². The van der Waals surface area contributed by atoms with Gasteiger partial charge in [-0.2, -0.15) is 0 Å². The Labute approximate surface area is 118 Å². The Morgan fingerprint density at radius 3 is 2.68 bits per heavy atom. The first kappa shape index (κ1) is 14.8. The Morgan fingerprint density at radius 1 is 1.37 bits per heavy atom. The van der Waals surface area contributed by atoms with E-state index >= 15 is 0 Å². The number of hydrogen-bond acceptors (Lipinski definition) is 6. The molecule has 2 N–H and O–H groups in total. The summed E-state index contributed by atoms with van der Waals surface area (Å²) in [5.41, 5.74) is 5.64. The van der Waals surface area contributed by atoms with Crippen LogP contribution in [0.2, 0.25) is 0 Å². The predicted molar refractivity (Wildman–Crippen MR) is 75.9 cm³/mol. The third-order valence-corrected chi connectivity index (χ3v) is 6.03. The van der Waals surface area contributed by atoms with Gasteiger partial charge in [-0.05, 0) is 19.3 Å². The molecular formula is C11H20N4O2S2. The van der Waals surface area contributed by atoms with Gasteiger partial charge in [0.1, 0.15) is 5.82 Å². The fourth-order valence-electron chi connectivity index (χ4n) is 1.92. The highest BCUT2D eigenvalue weighted by Gasteiger charge is 2.29. The number of nitrogens with two attached hydrogens (primary N) is 1. The molecule has 0 saturated heterocycles. The lowest BCUT2D eigenvalue weighted by Crippen LogP contribution is -2.13. The van der Waals surface area contributed by atoms with E-state index in [1.165, 1.54) is 11.8 Å². The zero-order valence-corrected chi connectivity index (χ0v) is 12.7. The van der Waals surface area contributed by atoms with Gasteiger partial charge < -0.3 is 10.3 Å². The first-order valence-electron chi connectivity index (χ1n) is 6.54. The molecule has 0 aromatic carbocycles. The zero-order valence-electron chi connectivity index (χ0n) is 11.1. The second-order valence-corrected chi connectivity index (χ2v) is 8.07. The molecule has 1 fully saturated rings. The highest BCUT2D eigenvalue weighted by atomic mass is 32.2. The molecular weight excluding hydrogens is 284 g/mol. The van der Waals surface area contributed by atoms with E-state index in [9.17, 15) is 8.42 Å². The Balaban J connectivity index is 1.95. The Morgan fingerprint density at radius 2 is 2.11 bits per heavy atom. The summed E-state index contributed by atoms with van der Waals surface area (Å²) in [6.07, 6.45) is 2.93. The molecule has 0 bridgehead atoms. The van der Waals surface area contributed by atoms with Gasteiger partial charge in [-0.1, -0.05) is 18.7 Å². The van der Waals surface area contributed by atoms with Crippen molar-refractivity contribution in [2.24, 2.45) is 5.73 Å². The largest absolute Gasteiger partial charge is 0.324 e. The van der Waals surface area contributed by atoms with Gasteiger partial charge in [0, 0.05) is 17.5 Å². The van der Waals surface area contributed by atoms with Gasteiger partial charge >= 0.3 is 0 Å². The van der Waals surface area contributed by atoms with Crippen LogP contribution in [-0.2, 0) is 16.4 Å². The standard InChI is InChI=1S/C11H20N4O2S2/c1-2-6-19(16,17)7-5-18-11-14-13-10(8-12)15(11)9-3-4-9/h9H,2-8,12H2,1H3. The summed E-state index contributed by atoms with van der Waals surface area (Å²) >= 11 is 1.46. The quantitative estimate of drug-likeness (QED) is 0.720. The van der Waals surface area contributed by atoms with Crippen LogP contribution >= 0.6 is 11.8 Å². The minimum Gasteiger partial charge on any atom is -0.324 e. The van der Waals surface area contributed by atoms with Gasteiger partial charge in [-0.25, -0.2) is 8.42 Å². The second kappa shape index (κ2) is 6.23. The topological polar surface area (TPSA) is 90.9 Å². The van der Waals surface area contributed by atoms with Gasteiger partial charge in [0.15, 0.2) is 15.0 Å². The summed E-state index contributed by atoms with van der Waals surface area (Å²) in [6.45, 7) is 2.25. The maximum Gasteiger partial charge on any atom is 0.191 e. The summed E-state index contributed by atoms with van der Waals surface area (Å²) in [6, 6.07) is 0.461. The Bertz CT molecular complexity index is 523. The lowest BCUT2D eigenvalue weighted by atomic mass is 10.5. The van der Waals surface area contributed by atoms with Crippen LogP contribution in [-0.4, -0.2) is 40.4 Å². The summed E-state index contributed by atoms with van der Waals surface area (Å²) in [4.78, 5) is 0. The van der Waals surface area contributed by atoms with Crippen LogP contribution in [0.4, 0.5) is 0 Å². The van der Waals surface area contributed by atoms with E-state index in [-0.39, 0.29) is 11.5 Å². The molecule has 0 unspecified atom stereocenters. The summed E-state index contributed by atoms with van der Waals surface area (Å²) in [5, 5.41) is 8.98. The van der Waals surface area contributed by atoms with E-state index < -0.39 is 9.84 Å². The maximum absolute atomic E-state index is 11.6. The van der Waals surface area contributed by atoms with Crippen molar-refractivity contribution < 1.29 is 8.42 Å². The van der Waals surface area contributed by atoms with Gasteiger partial charge in [0.05, 0.1) is 12.3 Å². The van der Waals surface area contributed by atoms with Crippen molar-refractivity contribution in [2.75, 3.05) is 17.3 Å². The molecule has 1 aromatic rings. The highest BCUT2D eigenvalue weighted by Crippen LogP contribution is 2.38. The van der Waals surface area contributed by atoms with Crippen molar-refractivity contribution in [1.82, 2.24) is 14.8 Å². The van der Waals surface area contributed by atoms with Crippen LogP contribution in [0.1, 0.15) is 38.1 Å². The first-order chi connectivity index (χ1) is 9.07. The number of aromatic nitrogens is 3. The van der Waals surface area contributed by atoms with E-state index in [1.54, 1.807) is 0 Å². The van der Waals surface area contributed by atoms with Gasteiger partial charge in [0.2, 0.25) is 0 Å². The van der Waals surface area contributed by atoms with Gasteiger partial charge in [-0.3, -0.25) is 0 Å². The predicted octanol–water partition coefficient (Wildman–Crippen LogP) is 0.989. The molecule has 0 aliphatic heterocycles. The van der Waals surface area contributed by atoms with Crippen LogP contribution in [0, 0.1) is 0 Å². The molecule has 6 nitrogen and oxygen atoms in total. The molecule has 19 heavy (non-hydrogen) atoms. The number of nitrogens with zero attached hydrogens (tertiary/aromatic N) is 3. The number of rotatable bonds is 8. The van der Waals surface area contributed by atoms with Crippen LogP contribution < -0.4 is 5.73 Å². The molecule has 108 valence electrons. The first-order valence-corrected chi connectivity index (χ1v) is 9.35. The number of thioether (sulfide) groups is 1. The van der Waals surface area contributed by atoms with Crippen LogP contribution in [0.5, 0.6) is 0 Å². The van der Waals surface area contributed by atoms with Crippen molar-refractivity contribution >= 4 is 21.6 Å². The molecule has 1 heterocycles. The zero-order chi connectivity index (χ0) is 13.9. The van der Waals surface area contributed by atoms with Crippen molar-refractivity contribution in [1.29, 1.82) is 0 Å². The van der Waals surface area contributed by atoms with Crippen molar-refractivity contribution in [3.05, 3.63) is 5.82 Å². The molecule has 8 heteroatoms. The fourth-order valence-corrected chi connectivity index (χ4v) is 4.77. The second-order valence-electron chi connectivity index (χ2n) is 4.70. The van der Waals surface area contributed by atoms with E-state index in [4.69, 9.17) is 5.73 Å². The van der Waals surface area contributed by atoms with E-state index in [1.807, 2.05) is 6.92 Å². The summed E-state index contributed by atoms with van der Waals surface area (Å²) in [7, 11) is -2.92. The van der Waals surface area contributed by atoms with Crippen molar-refractivity contribution in [2.45, 2.75) is 43.9 Å². The Kier molecular flexibility index (Phi) is 4.86. The average Bonchev–Trinajstić information content (AvgIpc) is 3.10. The van der Waals surface area contributed by atoms with E-state index in [0.29, 0.717) is 24.8 Å². The molecule has 1 saturated carbocycles. The van der Waals surface area contributed by atoms with Crippen LogP contribution in [0.3, 0.4) is 0 Å². The SMILES string of the molecule is CCCS(=O)(=O)CCSc1nnc(CN)n1C1CC1. The van der Waals surface area contributed by atoms with E-state index in [0.717, 1.165) is 23.8 Å². The smallest absolute Gasteiger partial charge is 0.191 e. The van der Waals surface area contributed by atoms with Gasteiger partial charge in [0.25, 0.3) is 0 Å². The normalized spacial score (nSPS) is 15.9. The molecule has 0 spiro atoms. The lowest BCUT2D eigenvalue weighted by molar-refractivity contribution is 0.596.